The van der Waals surface area contributed by atoms with Gasteiger partial charge in [0.1, 0.15) is 0 Å². The molecule has 1 unspecified atom stereocenters. The van der Waals surface area contributed by atoms with Crippen molar-refractivity contribution in [1.29, 1.82) is 0 Å². The van der Waals surface area contributed by atoms with Gasteiger partial charge in [0.25, 0.3) is 0 Å². The van der Waals surface area contributed by atoms with Crippen LogP contribution in [0.15, 0.2) is 0 Å². The molecule has 0 aliphatic rings. The average Bonchev–Trinajstić information content (AvgIpc) is 1.80. The van der Waals surface area contributed by atoms with Gasteiger partial charge < -0.3 is 11.1 Å². The van der Waals surface area contributed by atoms with Crippen LogP contribution in [0.5, 0.6) is 0 Å². The van der Waals surface area contributed by atoms with Crippen LogP contribution < -0.4 is 11.1 Å². The number of halogens is 3. The molecule has 6 heteroatoms. The third-order valence-corrected chi connectivity index (χ3v) is 0.842. The van der Waals surface area contributed by atoms with Crippen LogP contribution in [0, 0.1) is 0 Å². The molecule has 0 spiro atoms. The van der Waals surface area contributed by atoms with Crippen LogP contribution in [0.1, 0.15) is 6.92 Å². The molecule has 1 amide bonds. The minimum atomic E-state index is -4.81. The van der Waals surface area contributed by atoms with Gasteiger partial charge in [0.2, 0.25) is 0 Å². The number of hydrogen-bond donors (Lipinski definition) is 2. The number of alkyl halides is 3. The molecule has 0 saturated carbocycles. The van der Waals surface area contributed by atoms with Gasteiger partial charge in [0.15, 0.2) is 0 Å². The minimum absolute atomic E-state index is 0.168. The molecule has 0 aliphatic carbocycles. The summed E-state index contributed by atoms with van der Waals surface area (Å²) in [5.41, 5.74) is 5.10. The molecule has 0 rings (SSSR count). The number of rotatable bonds is 2. The zero-order valence-electron chi connectivity index (χ0n) is 5.90. The van der Waals surface area contributed by atoms with E-state index in [-0.39, 0.29) is 6.54 Å². The Hall–Kier alpha value is -0.780. The number of carbonyl (C=O) groups excluding carboxylic acids is 1. The quantitative estimate of drug-likeness (QED) is 0.613. The van der Waals surface area contributed by atoms with Gasteiger partial charge in [-0.2, -0.15) is 13.2 Å². The van der Waals surface area contributed by atoms with Crippen molar-refractivity contribution in [2.45, 2.75) is 19.1 Å². The van der Waals surface area contributed by atoms with Gasteiger partial charge in [-0.15, -0.1) is 0 Å². The highest BCUT2D eigenvalue weighted by Gasteiger charge is 2.38. The van der Waals surface area contributed by atoms with Crippen LogP contribution in [0.4, 0.5) is 13.2 Å². The highest BCUT2D eigenvalue weighted by Crippen LogP contribution is 2.13. The monoisotopic (exact) mass is 170 g/mol. The van der Waals surface area contributed by atoms with E-state index in [0.717, 1.165) is 0 Å². The molecule has 66 valence electrons. The predicted molar refractivity (Wildman–Crippen MR) is 32.7 cm³/mol. The fraction of sp³-hybridized carbons (Fsp3) is 0.800. The average molecular weight is 170 g/mol. The third-order valence-electron chi connectivity index (χ3n) is 0.842. The molecule has 0 heterocycles. The Morgan fingerprint density at radius 3 is 2.36 bits per heavy atom. The first-order valence-electron chi connectivity index (χ1n) is 2.94. The van der Waals surface area contributed by atoms with Crippen molar-refractivity contribution >= 4 is 5.91 Å². The third kappa shape index (κ3) is 4.60. The van der Waals surface area contributed by atoms with E-state index in [1.54, 1.807) is 5.32 Å². The first-order chi connectivity index (χ1) is 4.84. The van der Waals surface area contributed by atoms with Crippen LogP contribution in [0.3, 0.4) is 0 Å². The van der Waals surface area contributed by atoms with Crippen molar-refractivity contribution in [2.24, 2.45) is 5.73 Å². The van der Waals surface area contributed by atoms with E-state index in [1.807, 2.05) is 0 Å². The van der Waals surface area contributed by atoms with Crippen molar-refractivity contribution < 1.29 is 18.0 Å². The van der Waals surface area contributed by atoms with Crippen molar-refractivity contribution in [2.75, 3.05) is 6.54 Å². The molecular weight excluding hydrogens is 161 g/mol. The Balaban J connectivity index is 3.71. The van der Waals surface area contributed by atoms with Gasteiger partial charge >= 0.3 is 12.1 Å². The van der Waals surface area contributed by atoms with Crippen molar-refractivity contribution in [1.82, 2.24) is 5.32 Å². The summed E-state index contributed by atoms with van der Waals surface area (Å²) in [6, 6.07) is -0.471. The Bertz CT molecular complexity index is 143. The summed E-state index contributed by atoms with van der Waals surface area (Å²) < 4.78 is 34.3. The lowest BCUT2D eigenvalue weighted by Gasteiger charge is -2.09. The molecule has 1 atom stereocenters. The summed E-state index contributed by atoms with van der Waals surface area (Å²) in [5.74, 6) is -1.95. The fourth-order valence-corrected chi connectivity index (χ4v) is 0.354. The molecule has 3 N–H and O–H groups in total. The van der Waals surface area contributed by atoms with E-state index in [1.165, 1.54) is 6.92 Å². The second kappa shape index (κ2) is 3.56. The summed E-state index contributed by atoms with van der Waals surface area (Å²) in [5, 5.41) is 1.63. The molecule has 0 aromatic carbocycles. The van der Waals surface area contributed by atoms with Gasteiger partial charge in [0.05, 0.1) is 0 Å². The summed E-state index contributed by atoms with van der Waals surface area (Å²) >= 11 is 0. The minimum Gasteiger partial charge on any atom is -0.347 e. The molecule has 0 bridgehead atoms. The Labute approximate surface area is 61.7 Å². The molecule has 3 nitrogen and oxygen atoms in total. The van der Waals surface area contributed by atoms with E-state index in [0.29, 0.717) is 0 Å². The fourth-order valence-electron chi connectivity index (χ4n) is 0.354. The van der Waals surface area contributed by atoms with Crippen molar-refractivity contribution in [3.63, 3.8) is 0 Å². The number of carbonyl (C=O) groups is 1. The van der Waals surface area contributed by atoms with E-state index in [9.17, 15) is 18.0 Å². The smallest absolute Gasteiger partial charge is 0.347 e. The maximum atomic E-state index is 11.4. The van der Waals surface area contributed by atoms with E-state index in [2.05, 4.69) is 0 Å². The normalized spacial score (nSPS) is 14.3. The molecule has 0 aromatic rings. The van der Waals surface area contributed by atoms with Gasteiger partial charge in [-0.05, 0) is 6.92 Å². The molecular formula is C5H9F3N2O. The standard InChI is InChI=1S/C5H9F3N2O/c1-3(9)2-10-4(11)5(6,7)8/h3H,2,9H2,1H3,(H,10,11). The van der Waals surface area contributed by atoms with E-state index < -0.39 is 18.1 Å². The highest BCUT2D eigenvalue weighted by molar-refractivity contribution is 5.81. The molecule has 0 fully saturated rings. The topological polar surface area (TPSA) is 55.1 Å². The number of nitrogens with one attached hydrogen (secondary N) is 1. The van der Waals surface area contributed by atoms with Crippen LogP contribution in [-0.4, -0.2) is 24.7 Å². The largest absolute Gasteiger partial charge is 0.471 e. The van der Waals surface area contributed by atoms with Crippen LogP contribution in [0.2, 0.25) is 0 Å². The predicted octanol–water partition coefficient (Wildman–Crippen LogP) is 0.0121. The molecule has 11 heavy (non-hydrogen) atoms. The van der Waals surface area contributed by atoms with Crippen molar-refractivity contribution in [3.05, 3.63) is 0 Å². The van der Waals surface area contributed by atoms with Gasteiger partial charge in [-0.3, -0.25) is 4.79 Å². The second-order valence-corrected chi connectivity index (χ2v) is 2.19. The maximum absolute atomic E-state index is 11.4. The zero-order chi connectivity index (χ0) is 9.07. The van der Waals surface area contributed by atoms with Crippen molar-refractivity contribution in [3.8, 4) is 0 Å². The lowest BCUT2D eigenvalue weighted by atomic mass is 10.3. The van der Waals surface area contributed by atoms with Gasteiger partial charge in [-0.1, -0.05) is 0 Å². The zero-order valence-corrected chi connectivity index (χ0v) is 5.90. The van der Waals surface area contributed by atoms with Gasteiger partial charge in [0, 0.05) is 12.6 Å². The maximum Gasteiger partial charge on any atom is 0.471 e. The van der Waals surface area contributed by atoms with E-state index in [4.69, 9.17) is 5.73 Å². The molecule has 0 saturated heterocycles. The Morgan fingerprint density at radius 2 is 2.09 bits per heavy atom. The molecule has 0 aromatic heterocycles. The van der Waals surface area contributed by atoms with E-state index >= 15 is 0 Å². The first kappa shape index (κ1) is 10.2. The summed E-state index contributed by atoms with van der Waals surface area (Å²) in [6.45, 7) is 1.33. The number of nitrogens with two attached hydrogens (primary N) is 1. The lowest BCUT2D eigenvalue weighted by Crippen LogP contribution is -2.42. The SMILES string of the molecule is CC(N)CNC(=O)C(F)(F)F. The lowest BCUT2D eigenvalue weighted by molar-refractivity contribution is -0.173. The molecule has 0 aliphatic heterocycles. The first-order valence-corrected chi connectivity index (χ1v) is 2.94. The highest BCUT2D eigenvalue weighted by atomic mass is 19.4. The van der Waals surface area contributed by atoms with Crippen LogP contribution >= 0.6 is 0 Å². The van der Waals surface area contributed by atoms with Crippen LogP contribution in [-0.2, 0) is 4.79 Å². The Kier molecular flexibility index (Phi) is 3.31. The second-order valence-electron chi connectivity index (χ2n) is 2.19. The Morgan fingerprint density at radius 1 is 1.64 bits per heavy atom. The van der Waals surface area contributed by atoms with Crippen LogP contribution in [0.25, 0.3) is 0 Å². The number of hydrogen-bond acceptors (Lipinski definition) is 2. The summed E-state index contributed by atoms with van der Waals surface area (Å²) in [7, 11) is 0. The molecule has 0 radical (unpaired) electrons. The van der Waals surface area contributed by atoms with Gasteiger partial charge in [-0.25, -0.2) is 0 Å². The summed E-state index contributed by atoms with van der Waals surface area (Å²) in [4.78, 5) is 10.1. The summed E-state index contributed by atoms with van der Waals surface area (Å²) in [6.07, 6.45) is -4.81. The number of amides is 1.